The number of aromatic nitrogens is 1. The molecule has 0 spiro atoms. The summed E-state index contributed by atoms with van der Waals surface area (Å²) in [6, 6.07) is 11.4. The molecule has 120 valence electrons. The zero-order valence-electron chi connectivity index (χ0n) is 13.1. The van der Waals surface area contributed by atoms with Crippen LogP contribution in [0.2, 0.25) is 0 Å². The van der Waals surface area contributed by atoms with Crippen LogP contribution in [0.3, 0.4) is 0 Å². The van der Waals surface area contributed by atoms with Crippen LogP contribution in [-0.2, 0) is 6.42 Å². The van der Waals surface area contributed by atoms with Gasteiger partial charge in [0.05, 0.1) is 0 Å². The lowest BCUT2D eigenvalue weighted by Crippen LogP contribution is -2.20. The number of anilines is 1. The lowest BCUT2D eigenvalue weighted by atomic mass is 10.1. The molecule has 1 N–H and O–H groups in total. The van der Waals surface area contributed by atoms with Crippen molar-refractivity contribution in [2.45, 2.75) is 25.9 Å². The number of ether oxygens (including phenoxy) is 1. The predicted octanol–water partition coefficient (Wildman–Crippen LogP) is 3.78. The number of rotatable bonds is 5. The third-order valence-corrected chi connectivity index (χ3v) is 4.96. The maximum Gasteiger partial charge on any atom is 0.261 e. The predicted molar refractivity (Wildman–Crippen MR) is 94.4 cm³/mol. The van der Waals surface area contributed by atoms with Crippen molar-refractivity contribution in [2.24, 2.45) is 0 Å². The van der Waals surface area contributed by atoms with E-state index >= 15 is 0 Å². The molecule has 2 heterocycles. The maximum atomic E-state index is 12.6. The first kappa shape index (κ1) is 15.9. The number of amides is 1. The minimum absolute atomic E-state index is 0.143. The Morgan fingerprint density at radius 2 is 2.22 bits per heavy atom. The number of hydrogen-bond donors (Lipinski definition) is 1. The SMILES string of the molecule is CCc1ccccc1NC(=O)c1cccnc1OC1CCSC1. The summed E-state index contributed by atoms with van der Waals surface area (Å²) < 4.78 is 5.93. The van der Waals surface area contributed by atoms with E-state index in [0.717, 1.165) is 35.6 Å². The van der Waals surface area contributed by atoms with Gasteiger partial charge in [-0.3, -0.25) is 4.79 Å². The van der Waals surface area contributed by atoms with Crippen molar-refractivity contribution in [3.8, 4) is 5.88 Å². The summed E-state index contributed by atoms with van der Waals surface area (Å²) in [7, 11) is 0. The fourth-order valence-electron chi connectivity index (χ4n) is 2.56. The summed E-state index contributed by atoms with van der Waals surface area (Å²) >= 11 is 1.87. The first-order chi connectivity index (χ1) is 11.3. The highest BCUT2D eigenvalue weighted by Gasteiger charge is 2.21. The van der Waals surface area contributed by atoms with Gasteiger partial charge in [0.2, 0.25) is 5.88 Å². The van der Waals surface area contributed by atoms with Crippen LogP contribution in [0, 0.1) is 0 Å². The molecule has 0 radical (unpaired) electrons. The van der Waals surface area contributed by atoms with Gasteiger partial charge in [-0.05, 0) is 42.4 Å². The Morgan fingerprint density at radius 1 is 1.35 bits per heavy atom. The Morgan fingerprint density at radius 3 is 3.00 bits per heavy atom. The molecule has 1 saturated heterocycles. The molecule has 3 rings (SSSR count). The van der Waals surface area contributed by atoms with Gasteiger partial charge in [-0.25, -0.2) is 4.98 Å². The van der Waals surface area contributed by atoms with Gasteiger partial charge in [-0.1, -0.05) is 25.1 Å². The zero-order valence-corrected chi connectivity index (χ0v) is 13.9. The van der Waals surface area contributed by atoms with Gasteiger partial charge >= 0.3 is 0 Å². The Balaban J connectivity index is 1.79. The van der Waals surface area contributed by atoms with Gasteiger partial charge in [0, 0.05) is 17.6 Å². The average molecular weight is 328 g/mol. The molecule has 2 aromatic rings. The number of nitrogens with one attached hydrogen (secondary N) is 1. The van der Waals surface area contributed by atoms with Gasteiger partial charge in [0.15, 0.2) is 0 Å². The summed E-state index contributed by atoms with van der Waals surface area (Å²) in [5, 5.41) is 2.98. The van der Waals surface area contributed by atoms with Crippen molar-refractivity contribution in [1.82, 2.24) is 4.98 Å². The van der Waals surface area contributed by atoms with Crippen molar-refractivity contribution < 1.29 is 9.53 Å². The monoisotopic (exact) mass is 328 g/mol. The molecule has 0 saturated carbocycles. The van der Waals surface area contributed by atoms with Crippen molar-refractivity contribution in [1.29, 1.82) is 0 Å². The van der Waals surface area contributed by atoms with E-state index in [1.165, 1.54) is 0 Å². The molecule has 1 aliphatic heterocycles. The Kier molecular flexibility index (Phi) is 5.18. The first-order valence-electron chi connectivity index (χ1n) is 7.86. The number of pyridine rings is 1. The van der Waals surface area contributed by atoms with E-state index in [-0.39, 0.29) is 12.0 Å². The van der Waals surface area contributed by atoms with Crippen LogP contribution < -0.4 is 10.1 Å². The molecule has 5 heteroatoms. The molecule has 23 heavy (non-hydrogen) atoms. The van der Waals surface area contributed by atoms with Gasteiger partial charge in [0.1, 0.15) is 11.7 Å². The molecule has 4 nitrogen and oxygen atoms in total. The summed E-state index contributed by atoms with van der Waals surface area (Å²) in [6.07, 6.45) is 3.67. The average Bonchev–Trinajstić information content (AvgIpc) is 3.09. The van der Waals surface area contributed by atoms with Crippen LogP contribution in [0.15, 0.2) is 42.6 Å². The number of thioether (sulfide) groups is 1. The molecule has 1 atom stereocenters. The lowest BCUT2D eigenvalue weighted by Gasteiger charge is -2.15. The van der Waals surface area contributed by atoms with E-state index in [2.05, 4.69) is 17.2 Å². The van der Waals surface area contributed by atoms with E-state index in [1.807, 2.05) is 36.0 Å². The summed E-state index contributed by atoms with van der Waals surface area (Å²) in [6.45, 7) is 2.07. The molecular weight excluding hydrogens is 308 g/mol. The highest BCUT2D eigenvalue weighted by molar-refractivity contribution is 7.99. The zero-order chi connectivity index (χ0) is 16.1. The molecule has 0 bridgehead atoms. The fourth-order valence-corrected chi connectivity index (χ4v) is 3.66. The standard InChI is InChI=1S/C18H20N2O2S/c1-2-13-6-3-4-8-16(13)20-17(21)15-7-5-10-19-18(15)22-14-9-11-23-12-14/h3-8,10,14H,2,9,11-12H2,1H3,(H,20,21). The van der Waals surface area contributed by atoms with Gasteiger partial charge in [-0.15, -0.1) is 0 Å². The molecular formula is C18H20N2O2S. The lowest BCUT2D eigenvalue weighted by molar-refractivity contribution is 0.101. The quantitative estimate of drug-likeness (QED) is 0.907. The second-order valence-electron chi connectivity index (χ2n) is 5.42. The number of carbonyl (C=O) groups is 1. The molecule has 1 unspecified atom stereocenters. The third kappa shape index (κ3) is 3.85. The maximum absolute atomic E-state index is 12.6. The topological polar surface area (TPSA) is 51.2 Å². The van der Waals surface area contributed by atoms with E-state index in [4.69, 9.17) is 4.74 Å². The molecule has 1 aromatic carbocycles. The number of aryl methyl sites for hydroxylation is 1. The number of benzene rings is 1. The van der Waals surface area contributed by atoms with Gasteiger partial charge < -0.3 is 10.1 Å². The van der Waals surface area contributed by atoms with E-state index in [1.54, 1.807) is 18.3 Å². The molecule has 1 aromatic heterocycles. The smallest absolute Gasteiger partial charge is 0.261 e. The number of carbonyl (C=O) groups excluding carboxylic acids is 1. The number of hydrogen-bond acceptors (Lipinski definition) is 4. The minimum atomic E-state index is -0.181. The second kappa shape index (κ2) is 7.51. The van der Waals surface area contributed by atoms with E-state index in [0.29, 0.717) is 11.4 Å². The second-order valence-corrected chi connectivity index (χ2v) is 6.57. The fraction of sp³-hybridized carbons (Fsp3) is 0.333. The van der Waals surface area contributed by atoms with Crippen molar-refractivity contribution in [2.75, 3.05) is 16.8 Å². The highest BCUT2D eigenvalue weighted by atomic mass is 32.2. The molecule has 0 aliphatic carbocycles. The van der Waals surface area contributed by atoms with Crippen LogP contribution in [0.5, 0.6) is 5.88 Å². The molecule has 1 aliphatic rings. The Hall–Kier alpha value is -2.01. The third-order valence-electron chi connectivity index (χ3n) is 3.83. The highest BCUT2D eigenvalue weighted by Crippen LogP contribution is 2.25. The van der Waals surface area contributed by atoms with Crippen LogP contribution in [-0.4, -0.2) is 28.5 Å². The normalized spacial score (nSPS) is 17.0. The summed E-state index contributed by atoms with van der Waals surface area (Å²) in [5.41, 5.74) is 2.43. The van der Waals surface area contributed by atoms with Gasteiger partial charge in [-0.2, -0.15) is 11.8 Å². The van der Waals surface area contributed by atoms with Crippen molar-refractivity contribution >= 4 is 23.4 Å². The first-order valence-corrected chi connectivity index (χ1v) is 9.02. The van der Waals surface area contributed by atoms with E-state index in [9.17, 15) is 4.79 Å². The number of nitrogens with zero attached hydrogens (tertiary/aromatic N) is 1. The summed E-state index contributed by atoms with van der Waals surface area (Å²) in [4.78, 5) is 16.9. The Bertz CT molecular complexity index is 684. The van der Waals surface area contributed by atoms with Gasteiger partial charge in [0.25, 0.3) is 5.91 Å². The van der Waals surface area contributed by atoms with Crippen LogP contribution in [0.25, 0.3) is 0 Å². The number of para-hydroxylation sites is 1. The molecule has 1 fully saturated rings. The van der Waals surface area contributed by atoms with Crippen molar-refractivity contribution in [3.05, 3.63) is 53.7 Å². The van der Waals surface area contributed by atoms with Crippen LogP contribution in [0.1, 0.15) is 29.3 Å². The Labute approximate surface area is 140 Å². The molecule has 1 amide bonds. The summed E-state index contributed by atoms with van der Waals surface area (Å²) in [5.74, 6) is 2.30. The minimum Gasteiger partial charge on any atom is -0.473 e. The van der Waals surface area contributed by atoms with Crippen LogP contribution >= 0.6 is 11.8 Å². The van der Waals surface area contributed by atoms with E-state index < -0.39 is 0 Å². The largest absolute Gasteiger partial charge is 0.473 e. The van der Waals surface area contributed by atoms with Crippen LogP contribution in [0.4, 0.5) is 5.69 Å². The van der Waals surface area contributed by atoms with Crippen molar-refractivity contribution in [3.63, 3.8) is 0 Å².